The monoisotopic (exact) mass is 214 g/mol. The van der Waals surface area contributed by atoms with Crippen molar-refractivity contribution in [2.45, 2.75) is 47.0 Å². The van der Waals surface area contributed by atoms with Crippen molar-refractivity contribution in [1.82, 2.24) is 0 Å². The van der Waals surface area contributed by atoms with Crippen LogP contribution in [0.15, 0.2) is 0 Å². The van der Waals surface area contributed by atoms with Gasteiger partial charge in [0.2, 0.25) is 12.2 Å². The Morgan fingerprint density at radius 3 is 1.60 bits per heavy atom. The van der Waals surface area contributed by atoms with Gasteiger partial charge >= 0.3 is 0 Å². The first-order valence-corrected chi connectivity index (χ1v) is 5.09. The lowest BCUT2D eigenvalue weighted by atomic mass is 9.93. The summed E-state index contributed by atoms with van der Waals surface area (Å²) in [5.74, 6) is 1.79. The molecule has 88 valence electrons. The predicted molar refractivity (Wildman–Crippen MR) is 60.4 cm³/mol. The Balaban J connectivity index is -0.000000200. The quantitative estimate of drug-likeness (QED) is 0.556. The van der Waals surface area contributed by atoms with E-state index >= 15 is 0 Å². The molecule has 0 radical (unpaired) electrons. The highest BCUT2D eigenvalue weighted by atomic mass is 16.1. The van der Waals surface area contributed by atoms with Gasteiger partial charge < -0.3 is 0 Å². The number of nitrogens with one attached hydrogen (secondary N) is 2. The summed E-state index contributed by atoms with van der Waals surface area (Å²) in [6, 6.07) is 0. The molecule has 2 N–H and O–H groups in total. The fourth-order valence-electron chi connectivity index (χ4n) is 0.859. The normalized spacial score (nSPS) is 9.67. The summed E-state index contributed by atoms with van der Waals surface area (Å²) in [5.41, 5.74) is 0. The highest BCUT2D eigenvalue weighted by Gasteiger charge is 2.04. The zero-order valence-electron chi connectivity index (χ0n) is 10.1. The van der Waals surface area contributed by atoms with Gasteiger partial charge in [0.1, 0.15) is 0 Å². The number of hydrogen-bond donors (Lipinski definition) is 2. The van der Waals surface area contributed by atoms with Crippen LogP contribution in [0.4, 0.5) is 0 Å². The first-order valence-electron chi connectivity index (χ1n) is 5.09. The summed E-state index contributed by atoms with van der Waals surface area (Å²) in [4.78, 5) is 16.7. The van der Waals surface area contributed by atoms with Crippen LogP contribution in [0.2, 0.25) is 0 Å². The van der Waals surface area contributed by atoms with Crippen molar-refractivity contribution in [1.29, 1.82) is 10.8 Å². The van der Waals surface area contributed by atoms with Gasteiger partial charge in [0.25, 0.3) is 0 Å². The topological polar surface area (TPSA) is 81.8 Å². The maximum Gasteiger partial charge on any atom is 0.231 e. The van der Waals surface area contributed by atoms with Crippen LogP contribution in [0.5, 0.6) is 0 Å². The summed E-state index contributed by atoms with van der Waals surface area (Å²) in [5, 5.41) is 10.8. The molecule has 0 aromatic heterocycles. The zero-order valence-corrected chi connectivity index (χ0v) is 10.1. The van der Waals surface area contributed by atoms with Gasteiger partial charge in [0.15, 0.2) is 0 Å². The van der Waals surface area contributed by atoms with E-state index in [0.717, 1.165) is 24.0 Å². The SMILES string of the molecule is CCCCC(C)C(C)C.N=C=O.N=C=O. The van der Waals surface area contributed by atoms with Crippen molar-refractivity contribution in [3.05, 3.63) is 0 Å². The lowest BCUT2D eigenvalue weighted by Crippen LogP contribution is -2.02. The molecule has 0 rings (SSSR count). The minimum absolute atomic E-state index is 0.750. The van der Waals surface area contributed by atoms with E-state index in [0.29, 0.717) is 0 Å². The van der Waals surface area contributed by atoms with Crippen LogP contribution in [0.25, 0.3) is 0 Å². The van der Waals surface area contributed by atoms with E-state index in [2.05, 4.69) is 27.7 Å². The van der Waals surface area contributed by atoms with Crippen molar-refractivity contribution < 1.29 is 9.59 Å². The molecule has 0 aliphatic carbocycles. The molecule has 1 unspecified atom stereocenters. The lowest BCUT2D eigenvalue weighted by Gasteiger charge is -2.13. The first-order chi connectivity index (χ1) is 7.01. The molecule has 0 bridgehead atoms. The van der Waals surface area contributed by atoms with Crippen LogP contribution in [-0.2, 0) is 9.59 Å². The average molecular weight is 214 g/mol. The van der Waals surface area contributed by atoms with Crippen LogP contribution in [0.1, 0.15) is 47.0 Å². The van der Waals surface area contributed by atoms with Gasteiger partial charge in [-0.1, -0.05) is 47.0 Å². The molecule has 0 saturated heterocycles. The van der Waals surface area contributed by atoms with Gasteiger partial charge in [0, 0.05) is 0 Å². The summed E-state index contributed by atoms with van der Waals surface area (Å²) in [6.45, 7) is 9.22. The van der Waals surface area contributed by atoms with Crippen molar-refractivity contribution in [2.24, 2.45) is 11.8 Å². The molecule has 0 aliphatic heterocycles. The number of unbranched alkanes of at least 4 members (excludes halogenated alkanes) is 1. The van der Waals surface area contributed by atoms with Crippen LogP contribution in [-0.4, -0.2) is 12.2 Å². The minimum atomic E-state index is 0.750. The molecular weight excluding hydrogens is 192 g/mol. The molecule has 0 spiro atoms. The number of isocyanates is 2. The lowest BCUT2D eigenvalue weighted by molar-refractivity contribution is 0.381. The van der Waals surface area contributed by atoms with E-state index in [1.165, 1.54) is 19.3 Å². The summed E-state index contributed by atoms with van der Waals surface area (Å²) < 4.78 is 0. The van der Waals surface area contributed by atoms with E-state index in [-0.39, 0.29) is 0 Å². The molecule has 0 saturated carbocycles. The molecule has 0 aliphatic rings. The van der Waals surface area contributed by atoms with E-state index < -0.39 is 0 Å². The Hall–Kier alpha value is -1.24. The largest absolute Gasteiger partial charge is 0.231 e. The first kappa shape index (κ1) is 19.4. The molecule has 0 aromatic carbocycles. The third-order valence-electron chi connectivity index (χ3n) is 2.15. The van der Waals surface area contributed by atoms with Crippen molar-refractivity contribution >= 4 is 12.2 Å². The molecule has 1 atom stereocenters. The molecule has 0 aromatic rings. The van der Waals surface area contributed by atoms with Crippen molar-refractivity contribution in [2.75, 3.05) is 0 Å². The van der Waals surface area contributed by atoms with Crippen LogP contribution in [0.3, 0.4) is 0 Å². The second kappa shape index (κ2) is 18.5. The highest BCUT2D eigenvalue weighted by molar-refractivity contribution is 5.26. The summed E-state index contributed by atoms with van der Waals surface area (Å²) in [7, 11) is 0. The molecule has 15 heavy (non-hydrogen) atoms. The highest BCUT2D eigenvalue weighted by Crippen LogP contribution is 2.16. The fraction of sp³-hybridized carbons (Fsp3) is 0.818. The van der Waals surface area contributed by atoms with Crippen molar-refractivity contribution in [3.8, 4) is 0 Å². The number of rotatable bonds is 4. The predicted octanol–water partition coefficient (Wildman–Crippen LogP) is 3.27. The zero-order chi connectivity index (χ0) is 12.7. The van der Waals surface area contributed by atoms with E-state index in [1.54, 1.807) is 0 Å². The van der Waals surface area contributed by atoms with E-state index in [9.17, 15) is 0 Å². The van der Waals surface area contributed by atoms with Gasteiger partial charge in [-0.3, -0.25) is 0 Å². The molecule has 4 nitrogen and oxygen atoms in total. The van der Waals surface area contributed by atoms with Gasteiger partial charge in [0.05, 0.1) is 0 Å². The third-order valence-corrected chi connectivity index (χ3v) is 2.15. The van der Waals surface area contributed by atoms with Gasteiger partial charge in [-0.25, -0.2) is 20.4 Å². The van der Waals surface area contributed by atoms with Crippen LogP contribution >= 0.6 is 0 Å². The molecule has 4 heteroatoms. The number of hydrogen-bond acceptors (Lipinski definition) is 4. The smallest absolute Gasteiger partial charge is 0.222 e. The Kier molecular flexibility index (Phi) is 23.9. The standard InChI is InChI=1S/C9H20.2CHNO/c1-5-6-7-9(4)8(2)3;2*2-1-3/h8-9H,5-7H2,1-4H3;2*2H. The van der Waals surface area contributed by atoms with Gasteiger partial charge in [-0.05, 0) is 11.8 Å². The Morgan fingerprint density at radius 2 is 1.40 bits per heavy atom. The maximum atomic E-state index is 8.35. The summed E-state index contributed by atoms with van der Waals surface area (Å²) >= 11 is 0. The fourth-order valence-corrected chi connectivity index (χ4v) is 0.859. The minimum Gasteiger partial charge on any atom is -0.222 e. The number of carbonyl (C=O) groups excluding carboxylic acids is 2. The second-order valence-corrected chi connectivity index (χ2v) is 3.57. The Bertz CT molecular complexity index is 167. The third kappa shape index (κ3) is 32.3. The van der Waals surface area contributed by atoms with Crippen LogP contribution < -0.4 is 0 Å². The van der Waals surface area contributed by atoms with Gasteiger partial charge in [-0.15, -0.1) is 0 Å². The molecule has 0 amide bonds. The molecular formula is C11H22N2O2. The molecule has 0 heterocycles. The average Bonchev–Trinajstić information content (AvgIpc) is 2.16. The Morgan fingerprint density at radius 1 is 1.07 bits per heavy atom. The second-order valence-electron chi connectivity index (χ2n) is 3.57. The summed E-state index contributed by atoms with van der Waals surface area (Å²) in [6.07, 6.45) is 5.66. The van der Waals surface area contributed by atoms with Crippen molar-refractivity contribution in [3.63, 3.8) is 0 Å². The molecule has 0 fully saturated rings. The van der Waals surface area contributed by atoms with E-state index in [4.69, 9.17) is 20.4 Å². The Labute approximate surface area is 92.1 Å². The van der Waals surface area contributed by atoms with Crippen LogP contribution in [0, 0.1) is 22.7 Å². The van der Waals surface area contributed by atoms with E-state index in [1.807, 2.05) is 0 Å². The maximum absolute atomic E-state index is 8.35. The van der Waals surface area contributed by atoms with Gasteiger partial charge in [-0.2, -0.15) is 0 Å².